The van der Waals surface area contributed by atoms with E-state index in [4.69, 9.17) is 4.74 Å². The Balaban J connectivity index is 1.75. The lowest BCUT2D eigenvalue weighted by Crippen LogP contribution is -2.23. The summed E-state index contributed by atoms with van der Waals surface area (Å²) in [6, 6.07) is 14.1. The van der Waals surface area contributed by atoms with Crippen LogP contribution in [0.1, 0.15) is 42.1 Å². The number of aryl methyl sites for hydroxylation is 1. The molecule has 21 heavy (non-hydrogen) atoms. The Hall–Kier alpha value is -1.87. The Morgan fingerprint density at radius 2 is 2.05 bits per heavy atom. The van der Waals surface area contributed by atoms with Crippen molar-refractivity contribution in [1.82, 2.24) is 5.32 Å². The molecule has 2 aromatic carbocycles. The molecule has 3 rings (SSSR count). The average Bonchev–Trinajstić information content (AvgIpc) is 2.90. The van der Waals surface area contributed by atoms with E-state index in [0.717, 1.165) is 18.4 Å². The molecule has 110 valence electrons. The molecule has 2 unspecified atom stereocenters. The number of fused-ring (bicyclic) bond motifs is 1. The lowest BCUT2D eigenvalue weighted by Gasteiger charge is -2.21. The van der Waals surface area contributed by atoms with E-state index in [-0.39, 0.29) is 17.6 Å². The van der Waals surface area contributed by atoms with E-state index < -0.39 is 0 Å². The van der Waals surface area contributed by atoms with Crippen molar-refractivity contribution >= 4 is 0 Å². The number of hydrogen-bond donors (Lipinski definition) is 1. The third kappa shape index (κ3) is 2.79. The second-order valence-electron chi connectivity index (χ2n) is 5.57. The van der Waals surface area contributed by atoms with Gasteiger partial charge in [0.25, 0.3) is 0 Å². The van der Waals surface area contributed by atoms with E-state index in [1.165, 1.54) is 18.2 Å². The average molecular weight is 285 g/mol. The van der Waals surface area contributed by atoms with Gasteiger partial charge >= 0.3 is 0 Å². The van der Waals surface area contributed by atoms with Crippen molar-refractivity contribution in [2.75, 3.05) is 7.11 Å². The van der Waals surface area contributed by atoms with Crippen LogP contribution in [0.25, 0.3) is 0 Å². The van der Waals surface area contributed by atoms with Crippen molar-refractivity contribution in [2.24, 2.45) is 0 Å². The van der Waals surface area contributed by atoms with Crippen LogP contribution in [-0.2, 0) is 6.42 Å². The molecule has 0 spiro atoms. The molecule has 0 aromatic heterocycles. The molecule has 0 amide bonds. The number of nitrogens with one attached hydrogen (secondary N) is 1. The first-order valence-electron chi connectivity index (χ1n) is 7.36. The van der Waals surface area contributed by atoms with Crippen molar-refractivity contribution in [1.29, 1.82) is 0 Å². The molecule has 0 saturated heterocycles. The largest absolute Gasteiger partial charge is 0.494 e. The van der Waals surface area contributed by atoms with Crippen LogP contribution in [0.4, 0.5) is 4.39 Å². The van der Waals surface area contributed by atoms with Gasteiger partial charge in [0.1, 0.15) is 0 Å². The highest BCUT2D eigenvalue weighted by molar-refractivity contribution is 5.35. The van der Waals surface area contributed by atoms with Gasteiger partial charge in [0.2, 0.25) is 0 Å². The molecule has 3 heteroatoms. The Morgan fingerprint density at radius 3 is 2.81 bits per heavy atom. The highest BCUT2D eigenvalue weighted by atomic mass is 19.1. The molecule has 1 aliphatic rings. The molecule has 0 saturated carbocycles. The van der Waals surface area contributed by atoms with E-state index in [1.807, 2.05) is 6.07 Å². The first-order chi connectivity index (χ1) is 10.2. The fourth-order valence-corrected chi connectivity index (χ4v) is 3.08. The van der Waals surface area contributed by atoms with Gasteiger partial charge in [0, 0.05) is 12.1 Å². The van der Waals surface area contributed by atoms with Gasteiger partial charge in [-0.25, -0.2) is 4.39 Å². The zero-order chi connectivity index (χ0) is 14.8. The Labute approximate surface area is 125 Å². The summed E-state index contributed by atoms with van der Waals surface area (Å²) < 4.78 is 18.8. The van der Waals surface area contributed by atoms with Gasteiger partial charge in [0.05, 0.1) is 7.11 Å². The van der Waals surface area contributed by atoms with Gasteiger partial charge in [-0.2, -0.15) is 0 Å². The maximum atomic E-state index is 13.8. The number of methoxy groups -OCH3 is 1. The second kappa shape index (κ2) is 5.86. The summed E-state index contributed by atoms with van der Waals surface area (Å²) in [5.41, 5.74) is 3.74. The number of rotatable bonds is 4. The summed E-state index contributed by atoms with van der Waals surface area (Å²) in [7, 11) is 1.48. The molecule has 2 aromatic rings. The van der Waals surface area contributed by atoms with Gasteiger partial charge < -0.3 is 10.1 Å². The number of hydrogen-bond acceptors (Lipinski definition) is 2. The Morgan fingerprint density at radius 1 is 1.24 bits per heavy atom. The van der Waals surface area contributed by atoms with E-state index in [0.29, 0.717) is 6.04 Å². The van der Waals surface area contributed by atoms with Crippen molar-refractivity contribution in [3.63, 3.8) is 0 Å². The standard InChI is InChI=1S/C18H20FNO/c1-12(14-8-10-18(21-2)16(19)11-14)20-17-9-7-13-5-3-4-6-15(13)17/h3-6,8,10-12,17,20H,7,9H2,1-2H3. The van der Waals surface area contributed by atoms with E-state index in [2.05, 4.69) is 36.5 Å². The van der Waals surface area contributed by atoms with E-state index in [9.17, 15) is 4.39 Å². The molecule has 2 atom stereocenters. The molecule has 0 radical (unpaired) electrons. The van der Waals surface area contributed by atoms with Gasteiger partial charge in [-0.15, -0.1) is 0 Å². The zero-order valence-corrected chi connectivity index (χ0v) is 12.4. The van der Waals surface area contributed by atoms with Crippen LogP contribution in [0, 0.1) is 5.82 Å². The van der Waals surface area contributed by atoms with E-state index in [1.54, 1.807) is 12.1 Å². The third-order valence-electron chi connectivity index (χ3n) is 4.26. The number of ether oxygens (including phenoxy) is 1. The topological polar surface area (TPSA) is 21.3 Å². The van der Waals surface area contributed by atoms with Crippen LogP contribution in [0.3, 0.4) is 0 Å². The molecule has 0 bridgehead atoms. The van der Waals surface area contributed by atoms with Gasteiger partial charge in [-0.05, 0) is 48.6 Å². The summed E-state index contributed by atoms with van der Waals surface area (Å²) in [5.74, 6) is -0.0207. The second-order valence-corrected chi connectivity index (χ2v) is 5.57. The van der Waals surface area contributed by atoms with Gasteiger partial charge in [-0.3, -0.25) is 0 Å². The van der Waals surface area contributed by atoms with Crippen LogP contribution in [-0.4, -0.2) is 7.11 Å². The highest BCUT2D eigenvalue weighted by Gasteiger charge is 2.23. The van der Waals surface area contributed by atoms with Crippen molar-refractivity contribution < 1.29 is 9.13 Å². The maximum Gasteiger partial charge on any atom is 0.165 e. The third-order valence-corrected chi connectivity index (χ3v) is 4.26. The minimum atomic E-state index is -0.310. The van der Waals surface area contributed by atoms with Crippen LogP contribution in [0.15, 0.2) is 42.5 Å². The Bertz CT molecular complexity index is 641. The lowest BCUT2D eigenvalue weighted by atomic mass is 10.0. The Kier molecular flexibility index (Phi) is 3.93. The SMILES string of the molecule is COc1ccc(C(C)NC2CCc3ccccc32)cc1F. The highest BCUT2D eigenvalue weighted by Crippen LogP contribution is 2.33. The molecule has 1 aliphatic carbocycles. The summed E-state index contributed by atoms with van der Waals surface area (Å²) in [6.45, 7) is 2.07. The van der Waals surface area contributed by atoms with Gasteiger partial charge in [-0.1, -0.05) is 30.3 Å². The van der Waals surface area contributed by atoms with Crippen molar-refractivity contribution in [2.45, 2.75) is 31.8 Å². The molecule has 1 N–H and O–H groups in total. The normalized spacial score (nSPS) is 18.3. The van der Waals surface area contributed by atoms with Crippen LogP contribution < -0.4 is 10.1 Å². The van der Waals surface area contributed by atoms with Crippen molar-refractivity contribution in [3.05, 3.63) is 65.0 Å². The quantitative estimate of drug-likeness (QED) is 0.910. The first-order valence-corrected chi connectivity index (χ1v) is 7.36. The minimum absolute atomic E-state index is 0.0987. The van der Waals surface area contributed by atoms with Crippen LogP contribution >= 0.6 is 0 Å². The fraction of sp³-hybridized carbons (Fsp3) is 0.333. The molecular formula is C18H20FNO. The first kappa shape index (κ1) is 14.1. The predicted octanol–water partition coefficient (Wildman–Crippen LogP) is 4.17. The van der Waals surface area contributed by atoms with Crippen LogP contribution in [0.5, 0.6) is 5.75 Å². The smallest absolute Gasteiger partial charge is 0.165 e. The minimum Gasteiger partial charge on any atom is -0.494 e. The summed E-state index contributed by atoms with van der Waals surface area (Å²) in [4.78, 5) is 0. The summed E-state index contributed by atoms with van der Waals surface area (Å²) in [5, 5.41) is 3.61. The molecule has 2 nitrogen and oxygen atoms in total. The molecule has 0 aliphatic heterocycles. The van der Waals surface area contributed by atoms with Crippen molar-refractivity contribution in [3.8, 4) is 5.75 Å². The fourth-order valence-electron chi connectivity index (χ4n) is 3.08. The van der Waals surface area contributed by atoms with Gasteiger partial charge in [0.15, 0.2) is 11.6 Å². The maximum absolute atomic E-state index is 13.8. The molecular weight excluding hydrogens is 265 g/mol. The number of halogens is 1. The van der Waals surface area contributed by atoms with E-state index >= 15 is 0 Å². The monoisotopic (exact) mass is 285 g/mol. The summed E-state index contributed by atoms with van der Waals surface area (Å²) in [6.07, 6.45) is 2.21. The summed E-state index contributed by atoms with van der Waals surface area (Å²) >= 11 is 0. The molecule has 0 heterocycles. The lowest BCUT2D eigenvalue weighted by molar-refractivity contribution is 0.385. The predicted molar refractivity (Wildman–Crippen MR) is 82.0 cm³/mol. The molecule has 0 fully saturated rings. The van der Waals surface area contributed by atoms with Crippen LogP contribution in [0.2, 0.25) is 0 Å². The number of benzene rings is 2. The zero-order valence-electron chi connectivity index (χ0n) is 12.4.